The molecule has 0 spiro atoms. The van der Waals surface area contributed by atoms with Gasteiger partial charge >= 0.3 is 0 Å². The number of benzene rings is 2. The Labute approximate surface area is 185 Å². The minimum absolute atomic E-state index is 0.260. The number of nitrogens with one attached hydrogen (secondary N) is 2. The number of hydrogen-bond acceptors (Lipinski definition) is 7. The first-order valence-electron chi connectivity index (χ1n) is 9.92. The van der Waals surface area contributed by atoms with Crippen molar-refractivity contribution in [1.29, 1.82) is 0 Å². The molecular formula is C22H26FN5S2. The molecule has 2 N–H and O–H groups in total. The molecule has 0 amide bonds. The van der Waals surface area contributed by atoms with Gasteiger partial charge in [0.05, 0.1) is 21.8 Å². The lowest BCUT2D eigenvalue weighted by Crippen LogP contribution is -2.44. The van der Waals surface area contributed by atoms with Crippen LogP contribution >= 0.6 is 23.3 Å². The van der Waals surface area contributed by atoms with Crippen LogP contribution in [0.25, 0.3) is 0 Å². The Morgan fingerprint density at radius 3 is 2.60 bits per heavy atom. The van der Waals surface area contributed by atoms with Crippen molar-refractivity contribution in [3.8, 4) is 0 Å². The largest absolute Gasteiger partial charge is 0.367 e. The molecule has 5 nitrogen and oxygen atoms in total. The third-order valence-electron chi connectivity index (χ3n) is 5.24. The molecule has 2 heterocycles. The highest BCUT2D eigenvalue weighted by atomic mass is 32.2. The van der Waals surface area contributed by atoms with Crippen LogP contribution in [-0.2, 0) is 0 Å². The Hall–Kier alpha value is -2.29. The van der Waals surface area contributed by atoms with Gasteiger partial charge in [0, 0.05) is 37.2 Å². The van der Waals surface area contributed by atoms with E-state index in [2.05, 4.69) is 57.0 Å². The van der Waals surface area contributed by atoms with Gasteiger partial charge in [-0.1, -0.05) is 6.07 Å². The summed E-state index contributed by atoms with van der Waals surface area (Å²) in [6, 6.07) is 9.84. The maximum absolute atomic E-state index is 14.8. The molecule has 3 aromatic rings. The summed E-state index contributed by atoms with van der Waals surface area (Å²) < 4.78 is 17.9. The van der Waals surface area contributed by atoms with Gasteiger partial charge in [0.1, 0.15) is 11.6 Å². The Bertz CT molecular complexity index is 1000. The average Bonchev–Trinajstić information content (AvgIpc) is 3.25. The maximum Gasteiger partial charge on any atom is 0.147 e. The van der Waals surface area contributed by atoms with Crippen LogP contribution in [0.5, 0.6) is 0 Å². The van der Waals surface area contributed by atoms with Crippen molar-refractivity contribution in [3.63, 3.8) is 0 Å². The van der Waals surface area contributed by atoms with Crippen LogP contribution in [-0.4, -0.2) is 43.1 Å². The second-order valence-corrected chi connectivity index (χ2v) is 9.18. The molecule has 0 unspecified atom stereocenters. The highest BCUT2D eigenvalue weighted by Crippen LogP contribution is 2.34. The van der Waals surface area contributed by atoms with Gasteiger partial charge in [-0.15, -0.1) is 11.3 Å². The standard InChI is InChI=1S/C22H26FN5S2/c1-15-4-5-18(20(10-15)28-8-6-27(3)7-9-28)25-19-12-17(23)21(11-16(19)2)30-26-22-13-29-14-24-22/h4-5,10-14,25-26H,6-9H2,1-3H3. The van der Waals surface area contributed by atoms with Gasteiger partial charge in [-0.2, -0.15) is 0 Å². The summed E-state index contributed by atoms with van der Waals surface area (Å²) in [7, 11) is 2.15. The number of thiazole rings is 1. The van der Waals surface area contributed by atoms with Gasteiger partial charge < -0.3 is 19.8 Å². The Morgan fingerprint density at radius 1 is 1.07 bits per heavy atom. The lowest BCUT2D eigenvalue weighted by atomic mass is 10.1. The number of nitrogens with zero attached hydrogens (tertiary/aromatic N) is 3. The highest BCUT2D eigenvalue weighted by Gasteiger charge is 2.18. The number of likely N-dealkylation sites (N-methyl/N-ethyl adjacent to an activating group) is 1. The van der Waals surface area contributed by atoms with Crippen molar-refractivity contribution in [2.45, 2.75) is 18.7 Å². The van der Waals surface area contributed by atoms with Crippen molar-refractivity contribution in [3.05, 3.63) is 58.2 Å². The lowest BCUT2D eigenvalue weighted by molar-refractivity contribution is 0.313. The number of aromatic nitrogens is 1. The minimum atomic E-state index is -0.260. The molecule has 0 saturated carbocycles. The predicted molar refractivity (Wildman–Crippen MR) is 127 cm³/mol. The van der Waals surface area contributed by atoms with Gasteiger partial charge in [-0.25, -0.2) is 9.37 Å². The number of rotatable bonds is 6. The average molecular weight is 444 g/mol. The van der Waals surface area contributed by atoms with Gasteiger partial charge in [0.15, 0.2) is 0 Å². The summed E-state index contributed by atoms with van der Waals surface area (Å²) in [5.41, 5.74) is 6.92. The number of piperazine rings is 1. The van der Waals surface area contributed by atoms with Crippen molar-refractivity contribution < 1.29 is 4.39 Å². The van der Waals surface area contributed by atoms with E-state index in [0.717, 1.165) is 48.9 Å². The highest BCUT2D eigenvalue weighted by molar-refractivity contribution is 8.00. The normalized spacial score (nSPS) is 14.7. The summed E-state index contributed by atoms with van der Waals surface area (Å²) in [6.07, 6.45) is 0. The van der Waals surface area contributed by atoms with Crippen LogP contribution in [0.4, 0.5) is 27.3 Å². The number of anilines is 4. The molecule has 0 atom stereocenters. The molecule has 8 heteroatoms. The van der Waals surface area contributed by atoms with Crippen LogP contribution in [0, 0.1) is 19.7 Å². The lowest BCUT2D eigenvalue weighted by Gasteiger charge is -2.35. The Kier molecular flexibility index (Phi) is 6.46. The number of halogens is 1. The first kappa shape index (κ1) is 21.0. The van der Waals surface area contributed by atoms with E-state index in [1.165, 1.54) is 34.5 Å². The third-order valence-corrected chi connectivity index (χ3v) is 6.67. The molecule has 0 bridgehead atoms. The van der Waals surface area contributed by atoms with Gasteiger partial charge in [-0.05, 0) is 68.2 Å². The molecule has 158 valence electrons. The second kappa shape index (κ2) is 9.24. The maximum atomic E-state index is 14.8. The van der Waals surface area contributed by atoms with Crippen molar-refractivity contribution in [1.82, 2.24) is 9.88 Å². The first-order valence-corrected chi connectivity index (χ1v) is 11.7. The summed E-state index contributed by atoms with van der Waals surface area (Å²) >= 11 is 2.74. The van der Waals surface area contributed by atoms with Crippen LogP contribution < -0.4 is 14.9 Å². The number of hydrogen-bond donors (Lipinski definition) is 2. The molecule has 0 aliphatic carbocycles. The zero-order valence-electron chi connectivity index (χ0n) is 17.4. The Morgan fingerprint density at radius 2 is 1.87 bits per heavy atom. The zero-order chi connectivity index (χ0) is 21.1. The Balaban J connectivity index is 1.54. The molecule has 1 saturated heterocycles. The quantitative estimate of drug-likeness (QED) is 0.490. The SMILES string of the molecule is Cc1ccc(Nc2cc(F)c(SNc3cscn3)cc2C)c(N2CCN(C)CC2)c1. The van der Waals surface area contributed by atoms with Gasteiger partial charge in [-0.3, -0.25) is 0 Å². The summed E-state index contributed by atoms with van der Waals surface area (Å²) in [5.74, 6) is 0.477. The van der Waals surface area contributed by atoms with E-state index in [1.54, 1.807) is 11.6 Å². The van der Waals surface area contributed by atoms with Gasteiger partial charge in [0.25, 0.3) is 0 Å². The van der Waals surface area contributed by atoms with Gasteiger partial charge in [0.2, 0.25) is 0 Å². The fourth-order valence-corrected chi connectivity index (χ4v) is 4.72. The topological polar surface area (TPSA) is 43.4 Å². The van der Waals surface area contributed by atoms with E-state index in [1.807, 2.05) is 18.4 Å². The minimum Gasteiger partial charge on any atom is -0.367 e. The molecule has 2 aromatic carbocycles. The molecule has 4 rings (SSSR count). The molecule has 1 aliphatic heterocycles. The summed E-state index contributed by atoms with van der Waals surface area (Å²) in [4.78, 5) is 9.46. The van der Waals surface area contributed by atoms with E-state index in [0.29, 0.717) is 4.90 Å². The smallest absolute Gasteiger partial charge is 0.147 e. The fourth-order valence-electron chi connectivity index (χ4n) is 3.44. The van der Waals surface area contributed by atoms with Crippen LogP contribution in [0.3, 0.4) is 0 Å². The molecule has 30 heavy (non-hydrogen) atoms. The van der Waals surface area contributed by atoms with Crippen LogP contribution in [0.2, 0.25) is 0 Å². The predicted octanol–water partition coefficient (Wildman–Crippen LogP) is 5.51. The van der Waals surface area contributed by atoms with Crippen LogP contribution in [0.1, 0.15) is 11.1 Å². The molecule has 1 aliphatic rings. The van der Waals surface area contributed by atoms with Crippen molar-refractivity contribution >= 4 is 46.2 Å². The first-order chi connectivity index (χ1) is 14.5. The monoisotopic (exact) mass is 443 g/mol. The molecule has 1 fully saturated rings. The third kappa shape index (κ3) is 4.88. The fraction of sp³-hybridized carbons (Fsp3) is 0.318. The zero-order valence-corrected chi connectivity index (χ0v) is 19.0. The van der Waals surface area contributed by atoms with E-state index < -0.39 is 0 Å². The van der Waals surface area contributed by atoms with Crippen LogP contribution in [0.15, 0.2) is 46.1 Å². The van der Waals surface area contributed by atoms with E-state index in [9.17, 15) is 4.39 Å². The molecule has 1 aromatic heterocycles. The van der Waals surface area contributed by atoms with E-state index >= 15 is 0 Å². The van der Waals surface area contributed by atoms with Crippen molar-refractivity contribution in [2.75, 3.05) is 48.2 Å². The second-order valence-electron chi connectivity index (χ2n) is 7.61. The van der Waals surface area contributed by atoms with Crippen molar-refractivity contribution in [2.24, 2.45) is 0 Å². The number of aryl methyl sites for hydroxylation is 2. The summed E-state index contributed by atoms with van der Waals surface area (Å²) in [6.45, 7) is 8.16. The molecular weight excluding hydrogens is 417 g/mol. The van der Waals surface area contributed by atoms with E-state index in [4.69, 9.17) is 0 Å². The molecule has 0 radical (unpaired) electrons. The summed E-state index contributed by atoms with van der Waals surface area (Å²) in [5, 5.41) is 5.37. The van der Waals surface area contributed by atoms with E-state index in [-0.39, 0.29) is 5.82 Å².